The largest absolute Gasteiger partial charge is 0.493 e. The summed E-state index contributed by atoms with van der Waals surface area (Å²) in [6.07, 6.45) is 1.95. The molecule has 1 fully saturated rings. The van der Waals surface area contributed by atoms with Crippen molar-refractivity contribution >= 4 is 28.6 Å². The number of methoxy groups -OCH3 is 1. The van der Waals surface area contributed by atoms with Crippen LogP contribution in [-0.2, 0) is 4.79 Å². The Labute approximate surface area is 194 Å². The van der Waals surface area contributed by atoms with Gasteiger partial charge in [-0.1, -0.05) is 0 Å². The van der Waals surface area contributed by atoms with Gasteiger partial charge in [0, 0.05) is 28.4 Å². The highest BCUT2D eigenvalue weighted by Gasteiger charge is 2.31. The molecule has 7 nitrogen and oxygen atoms in total. The number of nitrogens with zero attached hydrogens (tertiary/aromatic N) is 1. The minimum Gasteiger partial charge on any atom is -0.493 e. The molecular formula is C26H31N3O4. The molecule has 2 N–H and O–H groups in total. The Morgan fingerprint density at radius 3 is 2.52 bits per heavy atom. The van der Waals surface area contributed by atoms with E-state index in [0.29, 0.717) is 34.9 Å². The van der Waals surface area contributed by atoms with Gasteiger partial charge in [0.15, 0.2) is 17.3 Å². The van der Waals surface area contributed by atoms with Crippen LogP contribution < -0.4 is 20.1 Å². The van der Waals surface area contributed by atoms with Gasteiger partial charge in [0.2, 0.25) is 0 Å². The summed E-state index contributed by atoms with van der Waals surface area (Å²) in [4.78, 5) is 27.5. The molecule has 0 aliphatic carbocycles. The van der Waals surface area contributed by atoms with Crippen LogP contribution in [0.25, 0.3) is 11.3 Å². The van der Waals surface area contributed by atoms with Crippen LogP contribution in [-0.4, -0.2) is 56.5 Å². The Kier molecular flexibility index (Phi) is 6.70. The van der Waals surface area contributed by atoms with E-state index in [0.717, 1.165) is 42.8 Å². The normalized spacial score (nSPS) is 17.9. The van der Waals surface area contributed by atoms with Crippen molar-refractivity contribution in [1.82, 2.24) is 10.2 Å². The van der Waals surface area contributed by atoms with Gasteiger partial charge in [-0.15, -0.1) is 0 Å². The van der Waals surface area contributed by atoms with Crippen molar-refractivity contribution in [2.24, 2.45) is 0 Å². The first-order valence-corrected chi connectivity index (χ1v) is 11.4. The predicted octanol–water partition coefficient (Wildman–Crippen LogP) is 3.80. The van der Waals surface area contributed by atoms with Crippen LogP contribution in [0.4, 0.5) is 5.69 Å². The summed E-state index contributed by atoms with van der Waals surface area (Å²) in [5.74, 6) is 1.04. The molecule has 33 heavy (non-hydrogen) atoms. The Morgan fingerprint density at radius 1 is 1.12 bits per heavy atom. The number of Topliss-reactive ketones (excluding diaryl/α,β-unsaturated/α-hetero) is 1. The average molecular weight is 450 g/mol. The van der Waals surface area contributed by atoms with Crippen molar-refractivity contribution in [3.8, 4) is 11.5 Å². The number of ketones is 1. The maximum atomic E-state index is 13.2. The number of hydrogen-bond acceptors (Lipinski definition) is 6. The highest BCUT2D eigenvalue weighted by Crippen LogP contribution is 2.39. The molecular weight excluding hydrogens is 418 g/mol. The van der Waals surface area contributed by atoms with Crippen LogP contribution in [0.5, 0.6) is 11.5 Å². The minimum atomic E-state index is -0.186. The quantitative estimate of drug-likeness (QED) is 0.494. The fraction of sp³-hybridized carbons (Fsp3) is 0.385. The van der Waals surface area contributed by atoms with Crippen LogP contribution >= 0.6 is 0 Å². The van der Waals surface area contributed by atoms with E-state index in [4.69, 9.17) is 9.47 Å². The smallest absolute Gasteiger partial charge is 0.258 e. The second-order valence-corrected chi connectivity index (χ2v) is 8.54. The summed E-state index contributed by atoms with van der Waals surface area (Å²) < 4.78 is 11.3. The summed E-state index contributed by atoms with van der Waals surface area (Å²) >= 11 is 0. The van der Waals surface area contributed by atoms with Gasteiger partial charge in [0.05, 0.1) is 25.0 Å². The summed E-state index contributed by atoms with van der Waals surface area (Å²) in [7, 11) is 3.73. The lowest BCUT2D eigenvalue weighted by Gasteiger charge is -2.31. The molecule has 4 rings (SSSR count). The molecule has 7 heteroatoms. The van der Waals surface area contributed by atoms with Gasteiger partial charge < -0.3 is 25.0 Å². The van der Waals surface area contributed by atoms with Gasteiger partial charge in [0.1, 0.15) is 0 Å². The third-order valence-electron chi connectivity index (χ3n) is 6.24. The van der Waals surface area contributed by atoms with Crippen molar-refractivity contribution in [3.05, 3.63) is 53.1 Å². The van der Waals surface area contributed by atoms with E-state index in [1.54, 1.807) is 25.3 Å². The molecule has 2 aliphatic heterocycles. The molecule has 174 valence electrons. The third kappa shape index (κ3) is 4.73. The molecule has 0 atom stereocenters. The molecule has 2 aromatic rings. The van der Waals surface area contributed by atoms with Crippen LogP contribution in [0.2, 0.25) is 0 Å². The lowest BCUT2D eigenvalue weighted by molar-refractivity contribution is -0.110. The number of carbonyl (C=O) groups is 2. The number of anilines is 1. The van der Waals surface area contributed by atoms with Crippen molar-refractivity contribution in [2.75, 3.05) is 39.2 Å². The zero-order chi connectivity index (χ0) is 23.5. The fourth-order valence-corrected chi connectivity index (χ4v) is 4.39. The van der Waals surface area contributed by atoms with Gasteiger partial charge in [-0.05, 0) is 83.2 Å². The standard InChI is InChI=1S/C26H31N3O4/c1-5-33-22-9-7-18(15-23(22)32-4)25(27-19-10-12-29(3)13-11-19)24-20-14-17(16(2)30)6-8-21(20)28-26(24)31/h6-9,14-15,19,27H,5,10-13H2,1-4H3,(H,28,31)/b25-24-. The van der Waals surface area contributed by atoms with Gasteiger partial charge in [-0.25, -0.2) is 0 Å². The Morgan fingerprint density at radius 2 is 1.85 bits per heavy atom. The van der Waals surface area contributed by atoms with Crippen LogP contribution in [0, 0.1) is 0 Å². The summed E-state index contributed by atoms with van der Waals surface area (Å²) in [6, 6.07) is 11.3. The summed E-state index contributed by atoms with van der Waals surface area (Å²) in [6.45, 7) is 5.97. The van der Waals surface area contributed by atoms with Crippen molar-refractivity contribution in [1.29, 1.82) is 0 Å². The Bertz CT molecular complexity index is 1100. The van der Waals surface area contributed by atoms with Crippen LogP contribution in [0.1, 0.15) is 48.2 Å². The van der Waals surface area contributed by atoms with Gasteiger partial charge in [-0.2, -0.15) is 0 Å². The molecule has 0 radical (unpaired) electrons. The predicted molar refractivity (Wildman–Crippen MR) is 130 cm³/mol. The molecule has 0 spiro atoms. The van der Waals surface area contributed by atoms with E-state index < -0.39 is 0 Å². The molecule has 1 amide bonds. The van der Waals surface area contributed by atoms with E-state index in [1.807, 2.05) is 25.1 Å². The maximum absolute atomic E-state index is 13.2. The zero-order valence-corrected chi connectivity index (χ0v) is 19.7. The third-order valence-corrected chi connectivity index (χ3v) is 6.24. The summed E-state index contributed by atoms with van der Waals surface area (Å²) in [5.41, 5.74) is 4.13. The van der Waals surface area contributed by atoms with Crippen molar-refractivity contribution in [2.45, 2.75) is 32.7 Å². The molecule has 1 saturated heterocycles. The Balaban J connectivity index is 1.85. The fourth-order valence-electron chi connectivity index (χ4n) is 4.39. The lowest BCUT2D eigenvalue weighted by Crippen LogP contribution is -2.40. The van der Waals surface area contributed by atoms with Crippen molar-refractivity contribution in [3.63, 3.8) is 0 Å². The first kappa shape index (κ1) is 22.9. The number of fused-ring (bicyclic) bond motifs is 1. The van der Waals surface area contributed by atoms with Crippen molar-refractivity contribution < 1.29 is 19.1 Å². The highest BCUT2D eigenvalue weighted by molar-refractivity contribution is 6.36. The van der Waals surface area contributed by atoms with Gasteiger partial charge >= 0.3 is 0 Å². The van der Waals surface area contributed by atoms with E-state index in [9.17, 15) is 9.59 Å². The maximum Gasteiger partial charge on any atom is 0.258 e. The number of hydrogen-bond donors (Lipinski definition) is 2. The number of amides is 1. The van der Waals surface area contributed by atoms with Crippen LogP contribution in [0.15, 0.2) is 36.4 Å². The van der Waals surface area contributed by atoms with E-state index in [2.05, 4.69) is 22.6 Å². The Hall–Kier alpha value is -3.32. The molecule has 0 aromatic heterocycles. The monoisotopic (exact) mass is 449 g/mol. The number of likely N-dealkylation sites (tertiary alicyclic amines) is 1. The van der Waals surface area contributed by atoms with Gasteiger partial charge in [0.25, 0.3) is 5.91 Å². The zero-order valence-electron chi connectivity index (χ0n) is 19.7. The number of ether oxygens (including phenoxy) is 2. The minimum absolute atomic E-state index is 0.0379. The van der Waals surface area contributed by atoms with Crippen LogP contribution in [0.3, 0.4) is 0 Å². The molecule has 0 saturated carbocycles. The molecule has 2 aromatic carbocycles. The number of rotatable bonds is 7. The second kappa shape index (κ2) is 9.67. The van der Waals surface area contributed by atoms with E-state index in [-0.39, 0.29) is 17.7 Å². The molecule has 0 bridgehead atoms. The first-order valence-electron chi connectivity index (χ1n) is 11.4. The molecule has 2 heterocycles. The van der Waals surface area contributed by atoms with E-state index >= 15 is 0 Å². The van der Waals surface area contributed by atoms with Gasteiger partial charge in [-0.3, -0.25) is 9.59 Å². The van der Waals surface area contributed by atoms with E-state index in [1.165, 1.54) is 6.92 Å². The highest BCUT2D eigenvalue weighted by atomic mass is 16.5. The summed E-state index contributed by atoms with van der Waals surface area (Å²) in [5, 5.41) is 6.62. The number of carbonyl (C=O) groups excluding carboxylic acids is 2. The number of nitrogens with one attached hydrogen (secondary N) is 2. The second-order valence-electron chi connectivity index (χ2n) is 8.54. The topological polar surface area (TPSA) is 79.9 Å². The number of benzene rings is 2. The average Bonchev–Trinajstić information content (AvgIpc) is 3.14. The molecule has 0 unspecified atom stereocenters. The first-order chi connectivity index (χ1) is 15.9. The molecule has 2 aliphatic rings. The SMILES string of the molecule is CCOc1ccc(/C(NC2CCN(C)CC2)=C2/C(=O)Nc3ccc(C(C)=O)cc32)cc1OC. The number of piperidine rings is 1. The lowest BCUT2D eigenvalue weighted by atomic mass is 9.96.